The van der Waals surface area contributed by atoms with Gasteiger partial charge in [-0.05, 0) is 36.1 Å². The Labute approximate surface area is 144 Å². The molecular weight excluding hydrogens is 316 g/mol. The van der Waals surface area contributed by atoms with Crippen molar-refractivity contribution < 1.29 is 14.4 Å². The zero-order valence-corrected chi connectivity index (χ0v) is 13.6. The molecule has 0 spiro atoms. The zero-order chi connectivity index (χ0) is 17.0. The average Bonchev–Trinajstić information content (AvgIpc) is 3.57. The van der Waals surface area contributed by atoms with Gasteiger partial charge < -0.3 is 4.42 Å². The van der Waals surface area contributed by atoms with Crippen LogP contribution in [0.5, 0.6) is 0 Å². The topological polar surface area (TPSA) is 75.4 Å². The summed E-state index contributed by atoms with van der Waals surface area (Å²) in [5, 5.41) is 9.09. The summed E-state index contributed by atoms with van der Waals surface area (Å²) < 4.78 is 5.82. The van der Waals surface area contributed by atoms with Crippen LogP contribution in [0.3, 0.4) is 0 Å². The van der Waals surface area contributed by atoms with Crippen LogP contribution >= 0.6 is 0 Å². The Morgan fingerprint density at radius 2 is 1.84 bits per heavy atom. The van der Waals surface area contributed by atoms with Crippen LogP contribution in [0.4, 0.5) is 0 Å². The van der Waals surface area contributed by atoms with Crippen LogP contribution < -0.4 is 5.48 Å². The third-order valence-corrected chi connectivity index (χ3v) is 5.36. The summed E-state index contributed by atoms with van der Waals surface area (Å²) in [6.45, 7) is 0. The lowest BCUT2D eigenvalue weighted by atomic mass is 10.0. The Morgan fingerprint density at radius 1 is 1.08 bits per heavy atom. The van der Waals surface area contributed by atoms with Gasteiger partial charge in [-0.25, -0.2) is 10.5 Å². The van der Waals surface area contributed by atoms with Crippen LogP contribution in [0, 0.1) is 5.92 Å². The van der Waals surface area contributed by atoms with Gasteiger partial charge in [0.15, 0.2) is 11.5 Å². The van der Waals surface area contributed by atoms with Crippen LogP contribution in [-0.4, -0.2) is 16.1 Å². The number of oxazole rings is 1. The number of nitrogens with one attached hydrogen (secondary N) is 1. The minimum Gasteiger partial charge on any atom is -0.440 e. The van der Waals surface area contributed by atoms with Crippen LogP contribution in [0.25, 0.3) is 11.1 Å². The van der Waals surface area contributed by atoms with E-state index in [2.05, 4.69) is 4.98 Å². The molecule has 2 fully saturated rings. The number of fused-ring (bicyclic) bond motifs is 1. The minimum absolute atomic E-state index is 0.0417. The fourth-order valence-electron chi connectivity index (χ4n) is 3.89. The Bertz CT molecular complexity index is 946. The first kappa shape index (κ1) is 14.7. The fraction of sp³-hybridized carbons (Fsp3) is 0.300. The molecule has 2 N–H and O–H groups in total. The number of carbonyl (C=O) groups excluding carboxylic acids is 1. The highest BCUT2D eigenvalue weighted by Crippen LogP contribution is 2.60. The van der Waals surface area contributed by atoms with E-state index in [0.717, 1.165) is 41.0 Å². The van der Waals surface area contributed by atoms with Crippen molar-refractivity contribution in [3.63, 3.8) is 0 Å². The lowest BCUT2D eigenvalue weighted by Crippen LogP contribution is -2.21. The lowest BCUT2D eigenvalue weighted by Gasteiger charge is -2.00. The molecule has 2 aliphatic rings. The van der Waals surface area contributed by atoms with Gasteiger partial charge in [0.05, 0.1) is 5.92 Å². The molecule has 0 bridgehead atoms. The molecule has 25 heavy (non-hydrogen) atoms. The maximum Gasteiger partial charge on any atom is 0.247 e. The first-order valence-electron chi connectivity index (χ1n) is 8.65. The maximum atomic E-state index is 12.1. The average molecular weight is 334 g/mol. The van der Waals surface area contributed by atoms with E-state index in [4.69, 9.17) is 9.62 Å². The SMILES string of the molecule is O=C(NO)[C@@H]1[C@H](c2ccccc2)[C@H]1c1ccc2oc(C3CC3)nc2c1. The molecule has 2 saturated carbocycles. The number of aromatic nitrogens is 1. The third kappa shape index (κ3) is 2.43. The first-order valence-corrected chi connectivity index (χ1v) is 8.65. The van der Waals surface area contributed by atoms with E-state index in [-0.39, 0.29) is 23.7 Å². The van der Waals surface area contributed by atoms with Crippen molar-refractivity contribution in [2.24, 2.45) is 5.92 Å². The van der Waals surface area contributed by atoms with Gasteiger partial charge in [-0.15, -0.1) is 0 Å². The smallest absolute Gasteiger partial charge is 0.247 e. The van der Waals surface area contributed by atoms with Gasteiger partial charge in [0.25, 0.3) is 0 Å². The van der Waals surface area contributed by atoms with Crippen LogP contribution in [-0.2, 0) is 4.79 Å². The second-order valence-electron chi connectivity index (χ2n) is 7.02. The quantitative estimate of drug-likeness (QED) is 0.563. The van der Waals surface area contributed by atoms with Gasteiger partial charge in [-0.1, -0.05) is 36.4 Å². The highest BCUT2D eigenvalue weighted by atomic mass is 16.5. The molecule has 1 amide bonds. The number of rotatable bonds is 4. The molecule has 0 unspecified atom stereocenters. The Morgan fingerprint density at radius 3 is 2.56 bits per heavy atom. The van der Waals surface area contributed by atoms with E-state index in [1.165, 1.54) is 0 Å². The van der Waals surface area contributed by atoms with Crippen LogP contribution in [0.2, 0.25) is 0 Å². The number of hydroxylamine groups is 1. The molecule has 3 atom stereocenters. The van der Waals surface area contributed by atoms with Crippen molar-refractivity contribution in [3.05, 3.63) is 65.5 Å². The van der Waals surface area contributed by atoms with Crippen molar-refractivity contribution in [1.82, 2.24) is 10.5 Å². The van der Waals surface area contributed by atoms with Crippen molar-refractivity contribution in [3.8, 4) is 0 Å². The Kier molecular flexibility index (Phi) is 3.18. The number of hydrogen-bond acceptors (Lipinski definition) is 4. The molecule has 0 saturated heterocycles. The minimum atomic E-state index is -0.335. The van der Waals surface area contributed by atoms with Crippen LogP contribution in [0.1, 0.15) is 47.6 Å². The summed E-state index contributed by atoms with van der Waals surface area (Å²) in [7, 11) is 0. The summed E-state index contributed by atoms with van der Waals surface area (Å²) >= 11 is 0. The van der Waals surface area contributed by atoms with Gasteiger partial charge in [0.2, 0.25) is 5.91 Å². The van der Waals surface area contributed by atoms with Crippen molar-refractivity contribution in [2.45, 2.75) is 30.6 Å². The van der Waals surface area contributed by atoms with E-state index in [9.17, 15) is 4.79 Å². The second-order valence-corrected chi connectivity index (χ2v) is 7.02. The first-order chi connectivity index (χ1) is 12.3. The number of benzene rings is 2. The number of hydrogen-bond donors (Lipinski definition) is 2. The van der Waals surface area contributed by atoms with Gasteiger partial charge in [-0.2, -0.15) is 0 Å². The van der Waals surface area contributed by atoms with E-state index in [0.29, 0.717) is 5.92 Å². The van der Waals surface area contributed by atoms with Gasteiger partial charge in [0.1, 0.15) is 5.52 Å². The van der Waals surface area contributed by atoms with E-state index in [1.807, 2.05) is 54.0 Å². The van der Waals surface area contributed by atoms with E-state index < -0.39 is 0 Å². The standard InChI is InChI=1S/C20H18N2O3/c23-19(22-24)18-16(11-4-2-1-3-5-11)17(18)13-8-9-15-14(10-13)21-20(25-15)12-6-7-12/h1-5,8-10,12,16-18,24H,6-7H2,(H,22,23)/t16-,17-,18-/m1/s1. The molecule has 2 aromatic carbocycles. The predicted octanol–water partition coefficient (Wildman–Crippen LogP) is 3.71. The third-order valence-electron chi connectivity index (χ3n) is 5.36. The molecule has 5 heteroatoms. The Hall–Kier alpha value is -2.66. The Balaban J connectivity index is 1.51. The predicted molar refractivity (Wildman–Crippen MR) is 91.3 cm³/mol. The van der Waals surface area contributed by atoms with E-state index >= 15 is 0 Å². The molecule has 3 aromatic rings. The number of carbonyl (C=O) groups is 1. The lowest BCUT2D eigenvalue weighted by molar-refractivity contribution is -0.130. The van der Waals surface area contributed by atoms with Crippen molar-refractivity contribution in [2.75, 3.05) is 0 Å². The summed E-state index contributed by atoms with van der Waals surface area (Å²) in [5.41, 5.74) is 5.64. The molecule has 5 rings (SSSR count). The summed E-state index contributed by atoms with van der Waals surface area (Å²) in [5.74, 6) is 0.812. The largest absolute Gasteiger partial charge is 0.440 e. The van der Waals surface area contributed by atoms with E-state index in [1.54, 1.807) is 0 Å². The van der Waals surface area contributed by atoms with Crippen LogP contribution in [0.15, 0.2) is 52.9 Å². The number of nitrogens with zero attached hydrogens (tertiary/aromatic N) is 1. The van der Waals surface area contributed by atoms with Gasteiger partial charge in [0, 0.05) is 17.8 Å². The molecule has 1 heterocycles. The van der Waals surface area contributed by atoms with Gasteiger partial charge in [-0.3, -0.25) is 10.0 Å². The summed E-state index contributed by atoms with van der Waals surface area (Å²) in [6.07, 6.45) is 2.30. The normalized spacial score (nSPS) is 25.1. The van der Waals surface area contributed by atoms with Gasteiger partial charge >= 0.3 is 0 Å². The zero-order valence-electron chi connectivity index (χ0n) is 13.6. The molecule has 126 valence electrons. The monoisotopic (exact) mass is 334 g/mol. The molecule has 0 aliphatic heterocycles. The molecule has 0 radical (unpaired) electrons. The maximum absolute atomic E-state index is 12.1. The second kappa shape index (κ2) is 5.43. The molecule has 5 nitrogen and oxygen atoms in total. The fourth-order valence-corrected chi connectivity index (χ4v) is 3.89. The highest BCUT2D eigenvalue weighted by molar-refractivity contribution is 5.85. The summed E-state index contributed by atoms with van der Waals surface area (Å²) in [6, 6.07) is 15.9. The molecule has 2 aliphatic carbocycles. The summed E-state index contributed by atoms with van der Waals surface area (Å²) in [4.78, 5) is 16.7. The number of amides is 1. The van der Waals surface area contributed by atoms with Crippen molar-refractivity contribution >= 4 is 17.0 Å². The van der Waals surface area contributed by atoms with Crippen molar-refractivity contribution in [1.29, 1.82) is 0 Å². The molecule has 1 aromatic heterocycles. The highest BCUT2D eigenvalue weighted by Gasteiger charge is 2.56. The molecular formula is C20H18N2O3.